The minimum absolute atomic E-state index is 0.0626. The quantitative estimate of drug-likeness (QED) is 0.467. The summed E-state index contributed by atoms with van der Waals surface area (Å²) in [4.78, 5) is 15.9. The molecule has 0 unspecified atom stereocenters. The highest BCUT2D eigenvalue weighted by molar-refractivity contribution is 7.86. The van der Waals surface area contributed by atoms with E-state index < -0.39 is 10.1 Å². The second-order valence-electron chi connectivity index (χ2n) is 6.60. The van der Waals surface area contributed by atoms with Crippen LogP contribution in [0.1, 0.15) is 34.9 Å². The predicted octanol–water partition coefficient (Wildman–Crippen LogP) is 3.08. The van der Waals surface area contributed by atoms with Crippen LogP contribution in [0.5, 0.6) is 0 Å². The van der Waals surface area contributed by atoms with Crippen LogP contribution in [0.2, 0.25) is 0 Å². The van der Waals surface area contributed by atoms with Crippen molar-refractivity contribution in [3.8, 4) is 0 Å². The fourth-order valence-corrected chi connectivity index (χ4v) is 4.80. The van der Waals surface area contributed by atoms with Crippen LogP contribution in [-0.4, -0.2) is 32.5 Å². The summed E-state index contributed by atoms with van der Waals surface area (Å²) >= 11 is 0. The summed E-state index contributed by atoms with van der Waals surface area (Å²) in [6, 6.07) is 3.08. The Kier molecular flexibility index (Phi) is 4.40. The van der Waals surface area contributed by atoms with Crippen LogP contribution in [0.25, 0.3) is 17.4 Å². The van der Waals surface area contributed by atoms with Crippen LogP contribution in [0, 0.1) is 6.92 Å². The van der Waals surface area contributed by atoms with Gasteiger partial charge in [0.25, 0.3) is 16.0 Å². The maximum atomic E-state index is 12.6. The Bertz CT molecular complexity index is 1140. The SMILES string of the molecule is C=C(OCC)c1c[nH]c(/C=C2\C(=O)Nc3ccc4c(c32)CCOS4(=O)=O)c1C. The number of hydrogen-bond donors (Lipinski definition) is 2. The van der Waals surface area contributed by atoms with Crippen molar-refractivity contribution in [2.75, 3.05) is 18.5 Å². The number of carbonyl (C=O) groups excluding carboxylic acids is 1. The van der Waals surface area contributed by atoms with Crippen molar-refractivity contribution in [2.45, 2.75) is 25.2 Å². The first-order valence-electron chi connectivity index (χ1n) is 8.92. The number of hydrogen-bond acceptors (Lipinski definition) is 5. The molecule has 2 aromatic rings. The molecular weight excluding hydrogens is 380 g/mol. The molecule has 3 heterocycles. The van der Waals surface area contributed by atoms with Crippen molar-refractivity contribution in [3.63, 3.8) is 0 Å². The highest BCUT2D eigenvalue weighted by atomic mass is 32.2. The number of anilines is 1. The van der Waals surface area contributed by atoms with Gasteiger partial charge in [-0.25, -0.2) is 0 Å². The molecule has 1 aromatic heterocycles. The van der Waals surface area contributed by atoms with Crippen LogP contribution >= 0.6 is 0 Å². The van der Waals surface area contributed by atoms with Gasteiger partial charge in [-0.15, -0.1) is 0 Å². The summed E-state index contributed by atoms with van der Waals surface area (Å²) in [5.74, 6) is 0.282. The lowest BCUT2D eigenvalue weighted by Crippen LogP contribution is -2.19. The predicted molar refractivity (Wildman–Crippen MR) is 106 cm³/mol. The zero-order valence-corrected chi connectivity index (χ0v) is 16.4. The van der Waals surface area contributed by atoms with E-state index in [0.29, 0.717) is 41.2 Å². The Morgan fingerprint density at radius 1 is 1.39 bits per heavy atom. The largest absolute Gasteiger partial charge is 0.494 e. The Balaban J connectivity index is 1.84. The molecule has 146 valence electrons. The lowest BCUT2D eigenvalue weighted by atomic mass is 9.97. The van der Waals surface area contributed by atoms with Crippen molar-refractivity contribution in [3.05, 3.63) is 52.9 Å². The van der Waals surface area contributed by atoms with Crippen LogP contribution in [-0.2, 0) is 30.3 Å². The number of fused-ring (bicyclic) bond motifs is 3. The summed E-state index contributed by atoms with van der Waals surface area (Å²) in [5.41, 5.74) is 4.72. The van der Waals surface area contributed by atoms with Gasteiger partial charge in [-0.05, 0) is 49.6 Å². The maximum Gasteiger partial charge on any atom is 0.297 e. The van der Waals surface area contributed by atoms with E-state index in [1.165, 1.54) is 6.07 Å². The van der Waals surface area contributed by atoms with Crippen molar-refractivity contribution in [1.82, 2.24) is 4.98 Å². The fourth-order valence-electron chi connectivity index (χ4n) is 3.63. The zero-order valence-electron chi connectivity index (χ0n) is 15.6. The average molecular weight is 400 g/mol. The average Bonchev–Trinajstić information content (AvgIpc) is 3.16. The van der Waals surface area contributed by atoms with E-state index in [4.69, 9.17) is 8.92 Å². The van der Waals surface area contributed by atoms with E-state index in [1.54, 1.807) is 18.3 Å². The highest BCUT2D eigenvalue weighted by Crippen LogP contribution is 2.41. The Labute approximate surface area is 163 Å². The Hall–Kier alpha value is -2.84. The molecule has 28 heavy (non-hydrogen) atoms. The molecular formula is C20H20N2O5S. The van der Waals surface area contributed by atoms with Crippen molar-refractivity contribution < 1.29 is 22.1 Å². The minimum Gasteiger partial charge on any atom is -0.494 e. The molecule has 2 aliphatic rings. The smallest absolute Gasteiger partial charge is 0.297 e. The van der Waals surface area contributed by atoms with Crippen LogP contribution in [0.4, 0.5) is 5.69 Å². The van der Waals surface area contributed by atoms with Gasteiger partial charge in [-0.2, -0.15) is 8.42 Å². The molecule has 1 amide bonds. The molecule has 2 N–H and O–H groups in total. The van der Waals surface area contributed by atoms with Gasteiger partial charge in [0.05, 0.1) is 23.7 Å². The lowest BCUT2D eigenvalue weighted by Gasteiger charge is -2.19. The number of rotatable bonds is 4. The number of nitrogens with one attached hydrogen (secondary N) is 2. The number of H-pyrrole nitrogens is 1. The summed E-state index contributed by atoms with van der Waals surface area (Å²) in [6.07, 6.45) is 3.94. The van der Waals surface area contributed by atoms with Crippen LogP contribution in [0.15, 0.2) is 29.8 Å². The number of carbonyl (C=O) groups is 1. The van der Waals surface area contributed by atoms with Crippen molar-refractivity contribution >= 4 is 39.1 Å². The molecule has 1 aromatic carbocycles. The number of aromatic nitrogens is 1. The normalized spacial score (nSPS) is 18.5. The molecule has 8 heteroatoms. The first-order chi connectivity index (χ1) is 13.3. The van der Waals surface area contributed by atoms with Gasteiger partial charge >= 0.3 is 0 Å². The molecule has 0 bridgehead atoms. The van der Waals surface area contributed by atoms with Gasteiger partial charge in [-0.1, -0.05) is 6.58 Å². The minimum atomic E-state index is -3.80. The topological polar surface area (TPSA) is 97.5 Å². The molecule has 0 saturated heterocycles. The van der Waals surface area contributed by atoms with Gasteiger partial charge in [0.15, 0.2) is 0 Å². The van der Waals surface area contributed by atoms with Gasteiger partial charge in [-0.3, -0.25) is 8.98 Å². The molecule has 7 nitrogen and oxygen atoms in total. The molecule has 0 radical (unpaired) electrons. The highest BCUT2D eigenvalue weighted by Gasteiger charge is 2.34. The standard InChI is InChI=1S/C20H20N2O5S/c1-4-26-12(3)15-10-21-17(11(15)2)9-14-19-13-7-8-27-28(24,25)18(13)6-5-16(19)22-20(14)23/h5-6,9-10,21H,3-4,7-8H2,1-2H3,(H,22,23)/b14-9-. The Morgan fingerprint density at radius 2 is 2.18 bits per heavy atom. The fraction of sp³-hybridized carbons (Fsp3) is 0.250. The molecule has 2 aliphatic heterocycles. The van der Waals surface area contributed by atoms with E-state index in [9.17, 15) is 13.2 Å². The number of aromatic amines is 1. The van der Waals surface area contributed by atoms with Crippen molar-refractivity contribution in [1.29, 1.82) is 0 Å². The molecule has 0 fully saturated rings. The van der Waals surface area contributed by atoms with Gasteiger partial charge in [0.1, 0.15) is 5.76 Å². The molecule has 0 aliphatic carbocycles. The third-order valence-electron chi connectivity index (χ3n) is 4.98. The first kappa shape index (κ1) is 18.5. The number of benzene rings is 1. The van der Waals surface area contributed by atoms with E-state index in [2.05, 4.69) is 16.9 Å². The summed E-state index contributed by atoms with van der Waals surface area (Å²) in [6.45, 7) is 8.29. The van der Waals surface area contributed by atoms with Crippen LogP contribution in [0.3, 0.4) is 0 Å². The Morgan fingerprint density at radius 3 is 2.93 bits per heavy atom. The summed E-state index contributed by atoms with van der Waals surface area (Å²) < 4.78 is 34.9. The maximum absolute atomic E-state index is 12.6. The second kappa shape index (κ2) is 6.65. The van der Waals surface area contributed by atoms with Gasteiger partial charge < -0.3 is 15.0 Å². The molecule has 0 saturated carbocycles. The summed E-state index contributed by atoms with van der Waals surface area (Å²) in [7, 11) is -3.80. The molecule has 0 atom stereocenters. The third-order valence-corrected chi connectivity index (χ3v) is 6.38. The molecule has 0 spiro atoms. The van der Waals surface area contributed by atoms with E-state index >= 15 is 0 Å². The number of amides is 1. The van der Waals surface area contributed by atoms with Gasteiger partial charge in [0, 0.05) is 28.7 Å². The van der Waals surface area contributed by atoms with Gasteiger partial charge in [0.2, 0.25) is 0 Å². The third kappa shape index (κ3) is 2.85. The van der Waals surface area contributed by atoms with E-state index in [0.717, 1.165) is 16.8 Å². The van der Waals surface area contributed by atoms with E-state index in [1.807, 2.05) is 13.8 Å². The molecule has 4 rings (SSSR count). The van der Waals surface area contributed by atoms with Crippen molar-refractivity contribution in [2.24, 2.45) is 0 Å². The lowest BCUT2D eigenvalue weighted by molar-refractivity contribution is -0.110. The van der Waals surface area contributed by atoms with Crippen LogP contribution < -0.4 is 5.32 Å². The first-order valence-corrected chi connectivity index (χ1v) is 10.3. The van der Waals surface area contributed by atoms with E-state index in [-0.39, 0.29) is 17.4 Å². The monoisotopic (exact) mass is 400 g/mol. The second-order valence-corrected chi connectivity index (χ2v) is 8.18. The zero-order chi connectivity index (χ0) is 20.1. The number of ether oxygens (including phenoxy) is 1. The summed E-state index contributed by atoms with van der Waals surface area (Å²) in [5, 5.41) is 2.82.